The lowest BCUT2D eigenvalue weighted by Crippen LogP contribution is -2.03. The maximum atomic E-state index is 11.5. The Balaban J connectivity index is 2.27. The van der Waals surface area contributed by atoms with Gasteiger partial charge in [0.15, 0.2) is 17.1 Å². The predicted molar refractivity (Wildman–Crippen MR) is 73.9 cm³/mol. The summed E-state index contributed by atoms with van der Waals surface area (Å²) in [6.07, 6.45) is 1.68. The summed E-state index contributed by atoms with van der Waals surface area (Å²) in [5.74, 6) is -0.0962. The highest BCUT2D eigenvalue weighted by molar-refractivity contribution is 5.93. The van der Waals surface area contributed by atoms with Crippen molar-refractivity contribution in [2.45, 2.75) is 20.8 Å². The molecule has 3 aromatic heterocycles. The van der Waals surface area contributed by atoms with Gasteiger partial charge < -0.3 is 0 Å². The minimum Gasteiger partial charge on any atom is -0.293 e. The van der Waals surface area contributed by atoms with Gasteiger partial charge in [0, 0.05) is 24.2 Å². The second-order valence-electron chi connectivity index (χ2n) is 4.65. The zero-order valence-corrected chi connectivity index (χ0v) is 11.5. The lowest BCUT2D eigenvalue weighted by Gasteiger charge is -2.07. The van der Waals surface area contributed by atoms with E-state index in [0.717, 1.165) is 16.8 Å². The Kier molecular flexibility index (Phi) is 2.78. The average Bonchev–Trinajstić information content (AvgIpc) is 2.79. The molecule has 3 heterocycles. The van der Waals surface area contributed by atoms with Crippen molar-refractivity contribution >= 4 is 16.8 Å². The van der Waals surface area contributed by atoms with Gasteiger partial charge in [-0.2, -0.15) is 0 Å². The number of rotatable bonds is 2. The lowest BCUT2D eigenvalue weighted by molar-refractivity contribution is 0.101. The molecule has 0 spiro atoms. The summed E-state index contributed by atoms with van der Waals surface area (Å²) in [5.41, 5.74) is 3.48. The van der Waals surface area contributed by atoms with Crippen LogP contribution in [0.25, 0.3) is 16.7 Å². The molecule has 0 atom stereocenters. The van der Waals surface area contributed by atoms with Gasteiger partial charge in [-0.1, -0.05) is 5.21 Å². The maximum Gasteiger partial charge on any atom is 0.181 e. The van der Waals surface area contributed by atoms with Crippen molar-refractivity contribution in [2.75, 3.05) is 0 Å². The molecule has 0 unspecified atom stereocenters. The molecule has 0 fully saturated rings. The SMILES string of the molecule is CC(=O)c1nnn(-c2ccnc3nc(C)ccc23)c1C. The molecule has 0 aliphatic carbocycles. The van der Waals surface area contributed by atoms with Crippen LogP contribution in [0.5, 0.6) is 0 Å². The van der Waals surface area contributed by atoms with Crippen molar-refractivity contribution in [2.24, 2.45) is 0 Å². The lowest BCUT2D eigenvalue weighted by atomic mass is 10.2. The first-order valence-corrected chi connectivity index (χ1v) is 6.24. The number of pyridine rings is 2. The third-order valence-corrected chi connectivity index (χ3v) is 3.18. The number of aryl methyl sites for hydroxylation is 1. The van der Waals surface area contributed by atoms with Gasteiger partial charge in [0.05, 0.1) is 11.4 Å². The molecule has 0 aliphatic heterocycles. The van der Waals surface area contributed by atoms with Crippen LogP contribution in [-0.2, 0) is 0 Å². The maximum absolute atomic E-state index is 11.5. The first-order chi connectivity index (χ1) is 9.58. The van der Waals surface area contributed by atoms with Gasteiger partial charge in [0.25, 0.3) is 0 Å². The number of nitrogens with zero attached hydrogens (tertiary/aromatic N) is 5. The Hall–Kier alpha value is -2.63. The molecule has 6 nitrogen and oxygen atoms in total. The van der Waals surface area contributed by atoms with Crippen LogP contribution in [0.3, 0.4) is 0 Å². The van der Waals surface area contributed by atoms with Crippen LogP contribution in [0.4, 0.5) is 0 Å². The summed E-state index contributed by atoms with van der Waals surface area (Å²) in [5, 5.41) is 8.88. The molecule has 0 aliphatic rings. The summed E-state index contributed by atoms with van der Waals surface area (Å²) in [7, 11) is 0. The van der Waals surface area contributed by atoms with Crippen LogP contribution in [0.2, 0.25) is 0 Å². The summed E-state index contributed by atoms with van der Waals surface area (Å²) in [6, 6.07) is 5.71. The zero-order valence-electron chi connectivity index (χ0n) is 11.5. The molecule has 0 radical (unpaired) electrons. The van der Waals surface area contributed by atoms with Crippen molar-refractivity contribution in [3.8, 4) is 5.69 Å². The smallest absolute Gasteiger partial charge is 0.181 e. The molecule has 0 N–H and O–H groups in total. The van der Waals surface area contributed by atoms with Crippen molar-refractivity contribution in [1.82, 2.24) is 25.0 Å². The molecule has 100 valence electrons. The van der Waals surface area contributed by atoms with Gasteiger partial charge in [-0.15, -0.1) is 5.10 Å². The van der Waals surface area contributed by atoms with Gasteiger partial charge in [0.1, 0.15) is 0 Å². The minimum atomic E-state index is -0.0962. The molecule has 0 saturated carbocycles. The topological polar surface area (TPSA) is 73.6 Å². The number of hydrogen-bond acceptors (Lipinski definition) is 5. The molecular weight excluding hydrogens is 254 g/mol. The Labute approximate surface area is 115 Å². The van der Waals surface area contributed by atoms with E-state index in [9.17, 15) is 4.79 Å². The van der Waals surface area contributed by atoms with Crippen molar-refractivity contribution in [3.63, 3.8) is 0 Å². The number of aromatic nitrogens is 5. The van der Waals surface area contributed by atoms with Crippen LogP contribution in [0, 0.1) is 13.8 Å². The molecule has 3 aromatic rings. The second kappa shape index (κ2) is 4.48. The van der Waals surface area contributed by atoms with E-state index in [1.165, 1.54) is 6.92 Å². The van der Waals surface area contributed by atoms with Crippen molar-refractivity contribution in [3.05, 3.63) is 41.5 Å². The van der Waals surface area contributed by atoms with E-state index in [1.54, 1.807) is 10.9 Å². The Bertz CT molecular complexity index is 822. The van der Waals surface area contributed by atoms with Crippen LogP contribution in [-0.4, -0.2) is 30.7 Å². The molecule has 3 rings (SSSR count). The number of hydrogen-bond donors (Lipinski definition) is 0. The fourth-order valence-electron chi connectivity index (χ4n) is 2.18. The zero-order chi connectivity index (χ0) is 14.3. The number of carbonyl (C=O) groups excluding carboxylic acids is 1. The van der Waals surface area contributed by atoms with Crippen molar-refractivity contribution < 1.29 is 4.79 Å². The first kappa shape index (κ1) is 12.4. The van der Waals surface area contributed by atoms with Crippen LogP contribution < -0.4 is 0 Å². The summed E-state index contributed by atoms with van der Waals surface area (Å²) < 4.78 is 1.65. The van der Waals surface area contributed by atoms with Gasteiger partial charge in [0.2, 0.25) is 0 Å². The monoisotopic (exact) mass is 267 g/mol. The normalized spacial score (nSPS) is 10.9. The molecule has 0 saturated heterocycles. The molecule has 6 heteroatoms. The molecular formula is C14H13N5O. The van der Waals surface area contributed by atoms with E-state index in [4.69, 9.17) is 0 Å². The molecule has 0 aromatic carbocycles. The summed E-state index contributed by atoms with van der Waals surface area (Å²) >= 11 is 0. The van der Waals surface area contributed by atoms with Crippen LogP contribution in [0.15, 0.2) is 24.4 Å². The average molecular weight is 267 g/mol. The number of fused-ring (bicyclic) bond motifs is 1. The van der Waals surface area contributed by atoms with Gasteiger partial charge in [-0.3, -0.25) is 4.79 Å². The molecule has 0 amide bonds. The van der Waals surface area contributed by atoms with E-state index in [0.29, 0.717) is 17.0 Å². The van der Waals surface area contributed by atoms with Crippen molar-refractivity contribution in [1.29, 1.82) is 0 Å². The highest BCUT2D eigenvalue weighted by atomic mass is 16.1. The third kappa shape index (κ3) is 1.85. The Morgan fingerprint density at radius 3 is 2.70 bits per heavy atom. The summed E-state index contributed by atoms with van der Waals surface area (Å²) in [4.78, 5) is 20.1. The molecule has 20 heavy (non-hydrogen) atoms. The van der Waals surface area contributed by atoms with E-state index >= 15 is 0 Å². The van der Waals surface area contributed by atoms with Gasteiger partial charge in [-0.25, -0.2) is 14.6 Å². The molecule has 0 bridgehead atoms. The van der Waals surface area contributed by atoms with E-state index < -0.39 is 0 Å². The van der Waals surface area contributed by atoms with E-state index in [2.05, 4.69) is 20.3 Å². The Morgan fingerprint density at radius 2 is 2.00 bits per heavy atom. The fourth-order valence-corrected chi connectivity index (χ4v) is 2.18. The number of ketones is 1. The van der Waals surface area contributed by atoms with Gasteiger partial charge in [-0.05, 0) is 32.0 Å². The highest BCUT2D eigenvalue weighted by Crippen LogP contribution is 2.21. The number of Topliss-reactive ketones (excluding diaryl/α,β-unsaturated/α-hetero) is 1. The quantitative estimate of drug-likeness (QED) is 0.664. The summed E-state index contributed by atoms with van der Waals surface area (Å²) in [6.45, 7) is 5.23. The largest absolute Gasteiger partial charge is 0.293 e. The predicted octanol–water partition coefficient (Wildman–Crippen LogP) is 2.03. The van der Waals surface area contributed by atoms with Crippen LogP contribution >= 0.6 is 0 Å². The first-order valence-electron chi connectivity index (χ1n) is 6.24. The van der Waals surface area contributed by atoms with E-state index in [1.807, 2.05) is 32.0 Å². The number of carbonyl (C=O) groups is 1. The van der Waals surface area contributed by atoms with Gasteiger partial charge >= 0.3 is 0 Å². The van der Waals surface area contributed by atoms with E-state index in [-0.39, 0.29) is 5.78 Å². The van der Waals surface area contributed by atoms with Crippen LogP contribution in [0.1, 0.15) is 28.8 Å². The second-order valence-corrected chi connectivity index (χ2v) is 4.65. The Morgan fingerprint density at radius 1 is 1.20 bits per heavy atom. The highest BCUT2D eigenvalue weighted by Gasteiger charge is 2.15. The standard InChI is InChI=1S/C14H13N5O/c1-8-4-5-11-12(6-7-15-14(11)16-8)19-9(2)13(10(3)20)17-18-19/h4-7H,1-3H3. The third-order valence-electron chi connectivity index (χ3n) is 3.18. The fraction of sp³-hybridized carbons (Fsp3) is 0.214. The minimum absolute atomic E-state index is 0.0962.